The fraction of sp³-hybridized carbons (Fsp3) is 0. The van der Waals surface area contributed by atoms with E-state index >= 15 is 0 Å². The molecule has 0 spiro atoms. The third-order valence-electron chi connectivity index (χ3n) is 0. The zero-order valence-corrected chi connectivity index (χ0v) is 6.82. The van der Waals surface area contributed by atoms with Gasteiger partial charge in [0.1, 0.15) is 0 Å². The van der Waals surface area contributed by atoms with Gasteiger partial charge < -0.3 is 10.5 Å². The second-order valence-electron chi connectivity index (χ2n) is 0. The first-order valence-electron chi connectivity index (χ1n) is 0.167. The summed E-state index contributed by atoms with van der Waals surface area (Å²) in [6.45, 7) is 0. The quantitative estimate of drug-likeness (QED) is 0.184. The summed E-state index contributed by atoms with van der Waals surface area (Å²) >= 11 is 0. The monoisotopic (exact) mass is 126 g/mol. The van der Waals surface area contributed by atoms with Gasteiger partial charge in [-0.15, -0.1) is 0 Å². The summed E-state index contributed by atoms with van der Waals surface area (Å²) in [7, 11) is 0. The van der Waals surface area contributed by atoms with Crippen LogP contribution in [0.15, 0.2) is 0 Å². The Kier molecular flexibility index (Phi) is 198. The summed E-state index contributed by atoms with van der Waals surface area (Å²) in [4.78, 5) is 0. The molecule has 0 aliphatic heterocycles. The zero-order valence-electron chi connectivity index (χ0n) is 2.82. The van der Waals surface area contributed by atoms with E-state index in [4.69, 9.17) is 10.5 Å². The van der Waals surface area contributed by atoms with Crippen LogP contribution in [0.5, 0.6) is 0 Å². The van der Waals surface area contributed by atoms with E-state index in [9.17, 15) is 0 Å². The third-order valence-corrected chi connectivity index (χ3v) is 0. The Balaban J connectivity index is -0.000000000833. The molecule has 0 bridgehead atoms. The van der Waals surface area contributed by atoms with E-state index in [1.165, 1.54) is 0 Å². The molecule has 0 fully saturated rings. The molecular weight excluding hydrogens is 124 g/mol. The van der Waals surface area contributed by atoms with Crippen LogP contribution < -0.4 is 69.6 Å². The summed E-state index contributed by atoms with van der Waals surface area (Å²) in [6, 6.07) is 0. The molecule has 0 saturated heterocycles. The van der Waals surface area contributed by atoms with Crippen LogP contribution in [0.4, 0.5) is 0 Å². The minimum absolute atomic E-state index is 0. The van der Waals surface area contributed by atoms with Crippen molar-refractivity contribution in [2.45, 2.75) is 0 Å². The first kappa shape index (κ1) is 32.6. The second kappa shape index (κ2) is 36.4. The molecule has 6 heavy (non-hydrogen) atoms. The van der Waals surface area contributed by atoms with Crippen molar-refractivity contribution in [3.8, 4) is 0 Å². The molecule has 0 rings (SSSR count). The molecule has 18 valence electrons. The number of hydrogen-bond acceptors (Lipinski definition) is 2. The SMILES string of the molecule is [Na+].[Na+].[NaH].[NaH].[O-][O-]. The Bertz CT molecular complexity index is 5.51. The van der Waals surface area contributed by atoms with Crippen LogP contribution in [-0.2, 0) is 0 Å². The van der Waals surface area contributed by atoms with Gasteiger partial charge in [0.25, 0.3) is 0 Å². The minimum Gasteiger partial charge on any atom is -1.00 e. The van der Waals surface area contributed by atoms with Crippen LogP contribution in [0.1, 0.15) is 0 Å². The predicted molar refractivity (Wildman–Crippen MR) is 14.3 cm³/mol. The zero-order chi connectivity index (χ0) is 2.00. The molecule has 0 atom stereocenters. The summed E-state index contributed by atoms with van der Waals surface area (Å²) in [5.74, 6) is 0. The van der Waals surface area contributed by atoms with Crippen LogP contribution in [0, 0.1) is 0 Å². The third kappa shape index (κ3) is 24.7. The minimum atomic E-state index is 0. The van der Waals surface area contributed by atoms with Crippen LogP contribution in [-0.4, -0.2) is 59.1 Å². The fourth-order valence-electron chi connectivity index (χ4n) is 0. The molecule has 0 aliphatic rings. The van der Waals surface area contributed by atoms with Gasteiger partial charge in [0.15, 0.2) is 0 Å². The molecule has 2 nitrogen and oxygen atoms in total. The summed E-state index contributed by atoms with van der Waals surface area (Å²) < 4.78 is 0. The van der Waals surface area contributed by atoms with E-state index in [-0.39, 0.29) is 118 Å². The number of hydrogen-bond donors (Lipinski definition) is 0. The Hall–Kier alpha value is 3.92. The van der Waals surface area contributed by atoms with Gasteiger partial charge in [-0.1, -0.05) is 0 Å². The van der Waals surface area contributed by atoms with Crippen LogP contribution in [0.2, 0.25) is 0 Å². The van der Waals surface area contributed by atoms with Gasteiger partial charge in [-0.05, 0) is 0 Å². The average Bonchev–Trinajstić information content (AvgIpc) is 1.00. The predicted octanol–water partition coefficient (Wildman–Crippen LogP) is -9.67. The van der Waals surface area contributed by atoms with Gasteiger partial charge in [0.2, 0.25) is 0 Å². The Morgan fingerprint density at radius 3 is 0.667 bits per heavy atom. The first-order chi connectivity index (χ1) is 1.00. The molecule has 0 saturated carbocycles. The molecule has 0 N–H and O–H groups in total. The molecule has 0 aliphatic carbocycles. The Labute approximate surface area is 126 Å². The maximum atomic E-state index is 7.00. The maximum Gasteiger partial charge on any atom is -1.00 e. The summed E-state index contributed by atoms with van der Waals surface area (Å²) in [5, 5.41) is 14.0. The molecule has 0 unspecified atom stereocenters. The van der Waals surface area contributed by atoms with Crippen molar-refractivity contribution >= 4 is 59.1 Å². The van der Waals surface area contributed by atoms with Gasteiger partial charge in [-0.3, -0.25) is 0 Å². The van der Waals surface area contributed by atoms with Gasteiger partial charge in [0.05, 0.1) is 0 Å². The number of rotatable bonds is 0. The maximum absolute atomic E-state index is 7.00. The molecule has 6 heteroatoms. The van der Waals surface area contributed by atoms with E-state index in [2.05, 4.69) is 0 Å². The largest absolute Gasteiger partial charge is 1.00 e. The van der Waals surface area contributed by atoms with Gasteiger partial charge >= 0.3 is 118 Å². The van der Waals surface area contributed by atoms with E-state index in [0.29, 0.717) is 0 Å². The summed E-state index contributed by atoms with van der Waals surface area (Å²) in [5.41, 5.74) is 0. The van der Waals surface area contributed by atoms with Crippen molar-refractivity contribution in [2.24, 2.45) is 0 Å². The van der Waals surface area contributed by atoms with E-state index in [0.717, 1.165) is 0 Å². The topological polar surface area (TPSA) is 46.1 Å². The van der Waals surface area contributed by atoms with Crippen molar-refractivity contribution < 1.29 is 69.6 Å². The Morgan fingerprint density at radius 1 is 0.667 bits per heavy atom. The van der Waals surface area contributed by atoms with Crippen molar-refractivity contribution in [3.63, 3.8) is 0 Å². The molecule has 0 aromatic heterocycles. The molecule has 0 amide bonds. The van der Waals surface area contributed by atoms with E-state index in [1.807, 2.05) is 0 Å². The average molecular weight is 126 g/mol. The van der Waals surface area contributed by atoms with Crippen LogP contribution in [0.3, 0.4) is 0 Å². The molecular formula is H2Na4O2. The van der Waals surface area contributed by atoms with Gasteiger partial charge in [-0.2, -0.15) is 0 Å². The van der Waals surface area contributed by atoms with Crippen LogP contribution in [0.25, 0.3) is 0 Å². The first-order valence-corrected chi connectivity index (χ1v) is 0.167. The van der Waals surface area contributed by atoms with Crippen molar-refractivity contribution in [2.75, 3.05) is 0 Å². The van der Waals surface area contributed by atoms with Crippen LogP contribution >= 0.6 is 0 Å². The van der Waals surface area contributed by atoms with Gasteiger partial charge in [-0.25, -0.2) is 0 Å². The standard InChI is InChI=1S/4Na.O2.2H/c;;;;1-2;;/q;;2*+1;-2;;. The van der Waals surface area contributed by atoms with Crippen molar-refractivity contribution in [1.29, 1.82) is 0 Å². The van der Waals surface area contributed by atoms with E-state index < -0.39 is 0 Å². The Morgan fingerprint density at radius 2 is 0.667 bits per heavy atom. The normalized spacial score (nSPS) is 1.00. The molecule has 0 heterocycles. The van der Waals surface area contributed by atoms with Crippen molar-refractivity contribution in [3.05, 3.63) is 0 Å². The summed E-state index contributed by atoms with van der Waals surface area (Å²) in [6.07, 6.45) is 0. The van der Waals surface area contributed by atoms with E-state index in [1.54, 1.807) is 0 Å². The molecule has 0 aromatic carbocycles. The second-order valence-corrected chi connectivity index (χ2v) is 0. The molecule has 0 aromatic rings. The fourth-order valence-corrected chi connectivity index (χ4v) is 0. The van der Waals surface area contributed by atoms with Crippen molar-refractivity contribution in [1.82, 2.24) is 0 Å². The van der Waals surface area contributed by atoms with Gasteiger partial charge in [0, 0.05) is 0 Å². The molecule has 0 radical (unpaired) electrons. The smallest absolute Gasteiger partial charge is 1.00 e.